The molecule has 0 unspecified atom stereocenters. The third-order valence-electron chi connectivity index (χ3n) is 0.600. The summed E-state index contributed by atoms with van der Waals surface area (Å²) in [6, 6.07) is 0. The van der Waals surface area contributed by atoms with Crippen molar-refractivity contribution in [3.63, 3.8) is 0 Å². The van der Waals surface area contributed by atoms with Crippen LogP contribution in [0.25, 0.3) is 0 Å². The van der Waals surface area contributed by atoms with E-state index in [9.17, 15) is 0 Å². The fraction of sp³-hybridized carbons (Fsp3) is 0.600. The van der Waals surface area contributed by atoms with E-state index < -0.39 is 0 Å². The summed E-state index contributed by atoms with van der Waals surface area (Å²) in [4.78, 5) is 0. The molecule has 0 radical (unpaired) electrons. The van der Waals surface area contributed by atoms with Crippen LogP contribution >= 0.6 is 0 Å². The lowest BCUT2D eigenvalue weighted by Crippen LogP contribution is -3.13. The summed E-state index contributed by atoms with van der Waals surface area (Å²) in [7, 11) is 4.06. The SMILES string of the molecule is C=CCN[NH+](C)C. The van der Waals surface area contributed by atoms with Crippen LogP contribution in [0.15, 0.2) is 12.7 Å². The third-order valence-corrected chi connectivity index (χ3v) is 0.600. The highest BCUT2D eigenvalue weighted by Crippen LogP contribution is 1.46. The van der Waals surface area contributed by atoms with Crippen molar-refractivity contribution < 1.29 is 5.01 Å². The van der Waals surface area contributed by atoms with E-state index in [2.05, 4.69) is 12.0 Å². The summed E-state index contributed by atoms with van der Waals surface area (Å²) in [6.07, 6.45) is 1.84. The minimum Gasteiger partial charge on any atom is -0.262 e. The van der Waals surface area contributed by atoms with Gasteiger partial charge in [0.15, 0.2) is 0 Å². The Labute approximate surface area is 44.8 Å². The van der Waals surface area contributed by atoms with Crippen molar-refractivity contribution in [1.29, 1.82) is 0 Å². The summed E-state index contributed by atoms with van der Waals surface area (Å²) >= 11 is 0. The van der Waals surface area contributed by atoms with Gasteiger partial charge in [0.05, 0.1) is 20.6 Å². The van der Waals surface area contributed by atoms with Gasteiger partial charge in [0, 0.05) is 0 Å². The van der Waals surface area contributed by atoms with Gasteiger partial charge in [0.2, 0.25) is 0 Å². The van der Waals surface area contributed by atoms with Gasteiger partial charge in [-0.3, -0.25) is 5.01 Å². The first kappa shape index (κ1) is 6.66. The van der Waals surface area contributed by atoms with Gasteiger partial charge in [-0.15, -0.1) is 6.58 Å². The maximum Gasteiger partial charge on any atom is 0.0839 e. The average Bonchev–Trinajstić information content (AvgIpc) is 1.61. The van der Waals surface area contributed by atoms with Gasteiger partial charge in [-0.05, 0) is 0 Å². The van der Waals surface area contributed by atoms with Gasteiger partial charge >= 0.3 is 0 Å². The highest BCUT2D eigenvalue weighted by atomic mass is 15.5. The highest BCUT2D eigenvalue weighted by molar-refractivity contribution is 4.65. The summed E-state index contributed by atoms with van der Waals surface area (Å²) in [6.45, 7) is 4.43. The highest BCUT2D eigenvalue weighted by Gasteiger charge is 1.81. The Bertz CT molecular complexity index is 50.0. The quantitative estimate of drug-likeness (QED) is 0.338. The van der Waals surface area contributed by atoms with E-state index in [1.54, 1.807) is 0 Å². The van der Waals surface area contributed by atoms with Crippen LogP contribution in [0.4, 0.5) is 0 Å². The van der Waals surface area contributed by atoms with E-state index >= 15 is 0 Å². The van der Waals surface area contributed by atoms with E-state index in [0.717, 1.165) is 6.54 Å². The Morgan fingerprint density at radius 3 is 2.43 bits per heavy atom. The molecule has 0 aromatic heterocycles. The second-order valence-corrected chi connectivity index (χ2v) is 1.67. The maximum absolute atomic E-state index is 3.56. The van der Waals surface area contributed by atoms with Crippen LogP contribution in [0.2, 0.25) is 0 Å². The molecule has 7 heavy (non-hydrogen) atoms. The summed E-state index contributed by atoms with van der Waals surface area (Å²) in [5.41, 5.74) is 3.09. The zero-order chi connectivity index (χ0) is 5.70. The maximum atomic E-state index is 3.56. The molecule has 0 bridgehead atoms. The van der Waals surface area contributed by atoms with E-state index in [0.29, 0.717) is 0 Å². The Morgan fingerprint density at radius 1 is 1.71 bits per heavy atom. The topological polar surface area (TPSA) is 16.5 Å². The fourth-order valence-electron chi connectivity index (χ4n) is 0.276. The van der Waals surface area contributed by atoms with Crippen molar-refractivity contribution in [1.82, 2.24) is 5.43 Å². The molecule has 0 amide bonds. The van der Waals surface area contributed by atoms with Gasteiger partial charge in [-0.2, -0.15) is 5.43 Å². The lowest BCUT2D eigenvalue weighted by Gasteiger charge is -2.03. The monoisotopic (exact) mass is 101 g/mol. The second kappa shape index (κ2) is 3.84. The molecule has 0 aliphatic carbocycles. The van der Waals surface area contributed by atoms with Gasteiger partial charge < -0.3 is 0 Å². The molecule has 0 heterocycles. The molecular weight excluding hydrogens is 88.1 g/mol. The molecule has 0 saturated carbocycles. The van der Waals surface area contributed by atoms with Crippen LogP contribution in [0.1, 0.15) is 0 Å². The zero-order valence-corrected chi connectivity index (χ0v) is 4.99. The molecule has 42 valence electrons. The summed E-state index contributed by atoms with van der Waals surface area (Å²) < 4.78 is 0. The molecule has 0 aromatic carbocycles. The van der Waals surface area contributed by atoms with E-state index in [1.807, 2.05) is 20.2 Å². The molecule has 0 aliphatic heterocycles. The molecule has 0 rings (SSSR count). The van der Waals surface area contributed by atoms with Crippen LogP contribution < -0.4 is 10.4 Å². The third kappa shape index (κ3) is 5.66. The largest absolute Gasteiger partial charge is 0.262 e. The molecule has 2 nitrogen and oxygen atoms in total. The van der Waals surface area contributed by atoms with Crippen LogP contribution in [0.3, 0.4) is 0 Å². The van der Waals surface area contributed by atoms with Crippen molar-refractivity contribution >= 4 is 0 Å². The van der Waals surface area contributed by atoms with Crippen LogP contribution in [0, 0.1) is 0 Å². The van der Waals surface area contributed by atoms with Crippen molar-refractivity contribution in [2.75, 3.05) is 20.6 Å². The number of hydrogen-bond acceptors (Lipinski definition) is 1. The molecule has 0 spiro atoms. The van der Waals surface area contributed by atoms with Crippen LogP contribution in [-0.2, 0) is 0 Å². The molecule has 0 aliphatic rings. The Hall–Kier alpha value is -0.340. The van der Waals surface area contributed by atoms with Gasteiger partial charge in [-0.25, -0.2) is 0 Å². The number of rotatable bonds is 3. The van der Waals surface area contributed by atoms with E-state index in [1.165, 1.54) is 5.01 Å². The molecular formula is C5H13N2+. The number of nitrogens with one attached hydrogen (secondary N) is 2. The molecule has 0 aromatic rings. The molecule has 2 heteroatoms. The Balaban J connectivity index is 2.81. The van der Waals surface area contributed by atoms with E-state index in [-0.39, 0.29) is 0 Å². The van der Waals surface area contributed by atoms with Crippen molar-refractivity contribution in [2.24, 2.45) is 0 Å². The van der Waals surface area contributed by atoms with Gasteiger partial charge in [0.25, 0.3) is 0 Å². The molecule has 2 N–H and O–H groups in total. The van der Waals surface area contributed by atoms with Crippen molar-refractivity contribution in [2.45, 2.75) is 0 Å². The zero-order valence-electron chi connectivity index (χ0n) is 4.99. The standard InChI is InChI=1S/C5H12N2/c1-4-5-6-7(2)3/h4,6H,1,5H2,2-3H3/p+1. The van der Waals surface area contributed by atoms with Crippen LogP contribution in [0.5, 0.6) is 0 Å². The van der Waals surface area contributed by atoms with Crippen molar-refractivity contribution in [3.8, 4) is 0 Å². The fourth-order valence-corrected chi connectivity index (χ4v) is 0.276. The minimum atomic E-state index is 0.877. The van der Waals surface area contributed by atoms with Gasteiger partial charge in [0.1, 0.15) is 0 Å². The number of hydrogen-bond donors (Lipinski definition) is 2. The lowest BCUT2D eigenvalue weighted by atomic mass is 10.7. The molecule has 0 fully saturated rings. The smallest absolute Gasteiger partial charge is 0.0839 e. The predicted molar refractivity (Wildman–Crippen MR) is 31.0 cm³/mol. The van der Waals surface area contributed by atoms with Crippen molar-refractivity contribution in [3.05, 3.63) is 12.7 Å². The number of quaternary nitrogens is 1. The molecule has 0 saturated heterocycles. The predicted octanol–water partition coefficient (Wildman–Crippen LogP) is -1.18. The minimum absolute atomic E-state index is 0.877. The lowest BCUT2D eigenvalue weighted by molar-refractivity contribution is -0.905. The average molecular weight is 101 g/mol. The second-order valence-electron chi connectivity index (χ2n) is 1.67. The van der Waals surface area contributed by atoms with Crippen LogP contribution in [-0.4, -0.2) is 20.6 Å². The first-order valence-corrected chi connectivity index (χ1v) is 2.42. The summed E-state index contributed by atoms with van der Waals surface area (Å²) in [5.74, 6) is 0. The van der Waals surface area contributed by atoms with Gasteiger partial charge in [-0.1, -0.05) is 6.08 Å². The first-order chi connectivity index (χ1) is 3.27. The first-order valence-electron chi connectivity index (χ1n) is 2.42. The summed E-state index contributed by atoms with van der Waals surface area (Å²) in [5, 5.41) is 1.24. The Morgan fingerprint density at radius 2 is 2.29 bits per heavy atom. The van der Waals surface area contributed by atoms with E-state index in [4.69, 9.17) is 0 Å². The molecule has 0 atom stereocenters. The normalized spacial score (nSPS) is 9.57. The Kier molecular flexibility index (Phi) is 3.65.